The molecule has 0 atom stereocenters. The van der Waals surface area contributed by atoms with E-state index >= 15 is 0 Å². The van der Waals surface area contributed by atoms with E-state index < -0.39 is 10.0 Å². The Labute approximate surface area is 267 Å². The van der Waals surface area contributed by atoms with E-state index in [-0.39, 0.29) is 16.0 Å². The summed E-state index contributed by atoms with van der Waals surface area (Å²) in [6.07, 6.45) is 7.24. The smallest absolute Gasteiger partial charge is 0.279 e. The van der Waals surface area contributed by atoms with E-state index in [1.165, 1.54) is 11.1 Å². The summed E-state index contributed by atoms with van der Waals surface area (Å²) in [5.41, 5.74) is 6.29. The van der Waals surface area contributed by atoms with Gasteiger partial charge in [-0.15, -0.1) is 0 Å². The molecular weight excluding hydrogens is 582 g/mol. The molecule has 2 aromatic carbocycles. The SMILES string of the molecule is CC=CC(=CC)S(=O)(=O)Nc1ccc(-c2ccc(CCCc3nn(Cc4ccc(C(C)(C)C)cc4)c(=O)n3CC)cc2)nc1C. The zero-order valence-corrected chi connectivity index (χ0v) is 28.3. The van der Waals surface area contributed by atoms with Gasteiger partial charge < -0.3 is 0 Å². The lowest BCUT2D eigenvalue weighted by atomic mass is 9.87. The Morgan fingerprint density at radius 3 is 2.18 bits per heavy atom. The zero-order chi connectivity index (χ0) is 32.8. The fraction of sp³-hybridized carbons (Fsp3) is 0.361. The van der Waals surface area contributed by atoms with Crippen LogP contribution in [-0.2, 0) is 41.4 Å². The molecule has 45 heavy (non-hydrogen) atoms. The first-order chi connectivity index (χ1) is 21.4. The van der Waals surface area contributed by atoms with Crippen LogP contribution in [0, 0.1) is 6.92 Å². The first-order valence-electron chi connectivity index (χ1n) is 15.5. The van der Waals surface area contributed by atoms with Crippen LogP contribution in [0.3, 0.4) is 0 Å². The summed E-state index contributed by atoms with van der Waals surface area (Å²) in [6.45, 7) is 14.9. The van der Waals surface area contributed by atoms with Gasteiger partial charge in [-0.3, -0.25) is 14.3 Å². The minimum Gasteiger partial charge on any atom is -0.279 e. The number of hydrogen-bond acceptors (Lipinski definition) is 5. The van der Waals surface area contributed by atoms with Gasteiger partial charge in [-0.1, -0.05) is 81.5 Å². The van der Waals surface area contributed by atoms with E-state index in [0.717, 1.165) is 35.5 Å². The quantitative estimate of drug-likeness (QED) is 0.168. The van der Waals surface area contributed by atoms with Crippen molar-refractivity contribution in [3.8, 4) is 11.3 Å². The van der Waals surface area contributed by atoms with Crippen molar-refractivity contribution in [1.82, 2.24) is 19.3 Å². The third-order valence-electron chi connectivity index (χ3n) is 7.84. The molecular formula is C36H45N5O3S. The number of hydrogen-bond donors (Lipinski definition) is 1. The number of sulfonamides is 1. The highest BCUT2D eigenvalue weighted by molar-refractivity contribution is 7.96. The van der Waals surface area contributed by atoms with Gasteiger partial charge in [-0.05, 0) is 80.9 Å². The van der Waals surface area contributed by atoms with Crippen molar-refractivity contribution in [2.45, 2.75) is 86.2 Å². The highest BCUT2D eigenvalue weighted by atomic mass is 32.2. The summed E-state index contributed by atoms with van der Waals surface area (Å²) >= 11 is 0. The maximum absolute atomic E-state index is 13.1. The predicted molar refractivity (Wildman–Crippen MR) is 184 cm³/mol. The molecule has 0 aliphatic rings. The van der Waals surface area contributed by atoms with Crippen LogP contribution >= 0.6 is 0 Å². The van der Waals surface area contributed by atoms with Crippen LogP contribution in [0.2, 0.25) is 0 Å². The van der Waals surface area contributed by atoms with Crippen LogP contribution in [-0.4, -0.2) is 27.7 Å². The van der Waals surface area contributed by atoms with Crippen molar-refractivity contribution in [3.05, 3.63) is 122 Å². The minimum atomic E-state index is -3.69. The Balaban J connectivity index is 1.38. The van der Waals surface area contributed by atoms with E-state index in [0.29, 0.717) is 30.9 Å². The minimum absolute atomic E-state index is 0.0709. The molecule has 0 fully saturated rings. The van der Waals surface area contributed by atoms with Gasteiger partial charge in [0.2, 0.25) is 0 Å². The number of allylic oxidation sites excluding steroid dienone is 3. The molecule has 0 saturated carbocycles. The van der Waals surface area contributed by atoms with E-state index in [1.54, 1.807) is 54.3 Å². The second-order valence-electron chi connectivity index (χ2n) is 12.2. The normalized spacial score (nSPS) is 12.6. The summed E-state index contributed by atoms with van der Waals surface area (Å²) in [6, 6.07) is 20.2. The summed E-state index contributed by atoms with van der Waals surface area (Å²) in [4.78, 5) is 17.9. The van der Waals surface area contributed by atoms with Gasteiger partial charge in [-0.2, -0.15) is 5.10 Å². The molecule has 4 rings (SSSR count). The Morgan fingerprint density at radius 2 is 1.60 bits per heavy atom. The molecule has 0 saturated heterocycles. The van der Waals surface area contributed by atoms with Gasteiger partial charge >= 0.3 is 5.69 Å². The van der Waals surface area contributed by atoms with Crippen molar-refractivity contribution in [3.63, 3.8) is 0 Å². The first-order valence-corrected chi connectivity index (χ1v) is 17.0. The average Bonchev–Trinajstić information content (AvgIpc) is 3.30. The van der Waals surface area contributed by atoms with Crippen molar-refractivity contribution in [2.75, 3.05) is 4.72 Å². The van der Waals surface area contributed by atoms with Crippen molar-refractivity contribution in [2.24, 2.45) is 0 Å². The summed E-state index contributed by atoms with van der Waals surface area (Å²) in [7, 11) is -3.69. The molecule has 238 valence electrons. The van der Waals surface area contributed by atoms with E-state index in [4.69, 9.17) is 5.10 Å². The Kier molecular flexibility index (Phi) is 10.7. The van der Waals surface area contributed by atoms with Gasteiger partial charge in [0.1, 0.15) is 5.82 Å². The number of pyridine rings is 1. The summed E-state index contributed by atoms with van der Waals surface area (Å²) in [5.74, 6) is 0.813. The van der Waals surface area contributed by atoms with Gasteiger partial charge in [0.25, 0.3) is 10.0 Å². The summed E-state index contributed by atoms with van der Waals surface area (Å²) in [5, 5.41) is 4.70. The number of benzene rings is 2. The maximum Gasteiger partial charge on any atom is 0.346 e. The van der Waals surface area contributed by atoms with E-state index in [9.17, 15) is 13.2 Å². The standard InChI is InChI=1S/C36H45N5O3S/c1-8-12-31(9-2)45(43,44)39-32-23-24-33(37-26(32)4)29-19-15-27(16-20-29)13-11-14-34-38-41(35(42)40(34)10-3)25-28-17-21-30(22-18-28)36(5,6)7/h8-9,12,15-24,39H,10-11,13-14,25H2,1-7H3. The van der Waals surface area contributed by atoms with Crippen LogP contribution < -0.4 is 10.4 Å². The second kappa shape index (κ2) is 14.2. The first kappa shape index (κ1) is 33.6. The van der Waals surface area contributed by atoms with Crippen LogP contribution in [0.25, 0.3) is 11.3 Å². The summed E-state index contributed by atoms with van der Waals surface area (Å²) < 4.78 is 31.4. The van der Waals surface area contributed by atoms with Gasteiger partial charge in [-0.25, -0.2) is 17.9 Å². The Morgan fingerprint density at radius 1 is 0.933 bits per heavy atom. The molecule has 8 nitrogen and oxygen atoms in total. The third-order valence-corrected chi connectivity index (χ3v) is 9.32. The van der Waals surface area contributed by atoms with Crippen molar-refractivity contribution < 1.29 is 8.42 Å². The lowest BCUT2D eigenvalue weighted by molar-refractivity contribution is 0.588. The molecule has 0 unspecified atom stereocenters. The molecule has 2 aromatic heterocycles. The maximum atomic E-state index is 13.1. The lowest BCUT2D eigenvalue weighted by Gasteiger charge is -2.19. The highest BCUT2D eigenvalue weighted by Crippen LogP contribution is 2.25. The fourth-order valence-electron chi connectivity index (χ4n) is 5.21. The van der Waals surface area contributed by atoms with Crippen LogP contribution in [0.4, 0.5) is 5.69 Å². The molecule has 0 aliphatic carbocycles. The number of rotatable bonds is 12. The average molecular weight is 628 g/mol. The number of aromatic nitrogens is 4. The predicted octanol–water partition coefficient (Wildman–Crippen LogP) is 7.18. The highest BCUT2D eigenvalue weighted by Gasteiger charge is 2.17. The fourth-order valence-corrected chi connectivity index (χ4v) is 6.45. The van der Waals surface area contributed by atoms with Crippen molar-refractivity contribution >= 4 is 15.7 Å². The number of aryl methyl sites for hydroxylation is 3. The molecule has 1 N–H and O–H groups in total. The molecule has 0 spiro atoms. The molecule has 4 aromatic rings. The number of nitrogens with one attached hydrogen (secondary N) is 1. The number of anilines is 1. The van der Waals surface area contributed by atoms with Crippen LogP contribution in [0.5, 0.6) is 0 Å². The van der Waals surface area contributed by atoms with Gasteiger partial charge in [0.15, 0.2) is 0 Å². The molecule has 0 amide bonds. The third kappa shape index (κ3) is 8.28. The number of nitrogens with zero attached hydrogens (tertiary/aromatic N) is 4. The molecule has 9 heteroatoms. The zero-order valence-electron chi connectivity index (χ0n) is 27.5. The van der Waals surface area contributed by atoms with Gasteiger partial charge in [0.05, 0.1) is 28.5 Å². The topological polar surface area (TPSA) is 98.9 Å². The van der Waals surface area contributed by atoms with Crippen LogP contribution in [0.1, 0.15) is 76.2 Å². The molecule has 0 aliphatic heterocycles. The monoisotopic (exact) mass is 627 g/mol. The lowest BCUT2D eigenvalue weighted by Crippen LogP contribution is -2.25. The van der Waals surface area contributed by atoms with E-state index in [2.05, 4.69) is 66.9 Å². The largest absolute Gasteiger partial charge is 0.346 e. The van der Waals surface area contributed by atoms with E-state index in [1.807, 2.05) is 25.1 Å². The van der Waals surface area contributed by atoms with Crippen LogP contribution in [0.15, 0.2) is 88.6 Å². The Hall–Kier alpha value is -4.24. The van der Waals surface area contributed by atoms with Crippen molar-refractivity contribution in [1.29, 1.82) is 0 Å². The Bertz CT molecular complexity index is 1840. The molecule has 2 heterocycles. The van der Waals surface area contributed by atoms with Gasteiger partial charge in [0, 0.05) is 18.5 Å². The molecule has 0 bridgehead atoms. The second-order valence-corrected chi connectivity index (χ2v) is 13.9. The molecule has 0 radical (unpaired) electrons.